The molecule has 0 radical (unpaired) electrons. The fourth-order valence-corrected chi connectivity index (χ4v) is 3.87. The van der Waals surface area contributed by atoms with Crippen LogP contribution >= 0.6 is 0 Å². The van der Waals surface area contributed by atoms with Gasteiger partial charge in [-0.1, -0.05) is 36.8 Å². The summed E-state index contributed by atoms with van der Waals surface area (Å²) in [6.07, 6.45) is 4.18. The molecular formula is C25H34N2O4. The Labute approximate surface area is 184 Å². The number of amides is 1. The van der Waals surface area contributed by atoms with E-state index in [1.165, 1.54) is 25.3 Å². The molecule has 6 nitrogen and oxygen atoms in total. The van der Waals surface area contributed by atoms with Crippen molar-refractivity contribution in [1.29, 1.82) is 0 Å². The number of aliphatic hydroxyl groups excluding tert-OH is 2. The van der Waals surface area contributed by atoms with E-state index in [1.54, 1.807) is 12.1 Å². The van der Waals surface area contributed by atoms with E-state index in [0.717, 1.165) is 24.1 Å². The zero-order valence-electron chi connectivity index (χ0n) is 18.2. The number of hydrogen-bond acceptors (Lipinski definition) is 5. The first-order valence-corrected chi connectivity index (χ1v) is 11.1. The van der Waals surface area contributed by atoms with E-state index in [1.807, 2.05) is 12.1 Å². The third-order valence-corrected chi connectivity index (χ3v) is 6.03. The third-order valence-electron chi connectivity index (χ3n) is 6.03. The first-order valence-electron chi connectivity index (χ1n) is 11.1. The number of carbonyl (C=O) groups is 1. The van der Waals surface area contributed by atoms with E-state index < -0.39 is 6.10 Å². The maximum Gasteiger partial charge on any atom is 0.224 e. The molecule has 1 amide bonds. The number of rotatable bonds is 11. The molecule has 0 saturated heterocycles. The van der Waals surface area contributed by atoms with Crippen LogP contribution in [0.3, 0.4) is 0 Å². The first-order chi connectivity index (χ1) is 14.9. The second-order valence-corrected chi connectivity index (χ2v) is 8.67. The molecule has 0 spiro atoms. The molecule has 31 heavy (non-hydrogen) atoms. The summed E-state index contributed by atoms with van der Waals surface area (Å²) in [6, 6.07) is 13.0. The maximum absolute atomic E-state index is 12.2. The van der Waals surface area contributed by atoms with Gasteiger partial charge in [-0.05, 0) is 60.9 Å². The fraction of sp³-hybridized carbons (Fsp3) is 0.480. The summed E-state index contributed by atoms with van der Waals surface area (Å²) in [5, 5.41) is 35.7. The molecule has 2 atom stereocenters. The van der Waals surface area contributed by atoms with Gasteiger partial charge in [0.15, 0.2) is 0 Å². The Balaban J connectivity index is 1.45. The van der Waals surface area contributed by atoms with E-state index in [9.17, 15) is 20.1 Å². The molecule has 0 heterocycles. The van der Waals surface area contributed by atoms with Crippen molar-refractivity contribution in [2.45, 2.75) is 57.8 Å². The summed E-state index contributed by atoms with van der Waals surface area (Å²) in [5.74, 6) is 0.764. The molecule has 0 aliphatic heterocycles. The van der Waals surface area contributed by atoms with Crippen molar-refractivity contribution in [2.75, 3.05) is 13.1 Å². The number of nitrogens with one attached hydrogen (secondary N) is 2. The van der Waals surface area contributed by atoms with Gasteiger partial charge >= 0.3 is 0 Å². The summed E-state index contributed by atoms with van der Waals surface area (Å²) >= 11 is 0. The maximum atomic E-state index is 12.2. The monoisotopic (exact) mass is 426 g/mol. The van der Waals surface area contributed by atoms with E-state index >= 15 is 0 Å². The lowest BCUT2D eigenvalue weighted by atomic mass is 9.85. The molecule has 0 bridgehead atoms. The second-order valence-electron chi connectivity index (χ2n) is 8.67. The Bertz CT molecular complexity index is 866. The van der Waals surface area contributed by atoms with Crippen LogP contribution in [-0.4, -0.2) is 40.4 Å². The van der Waals surface area contributed by atoms with E-state index in [4.69, 9.17) is 0 Å². The molecule has 1 aliphatic carbocycles. The molecule has 0 aromatic heterocycles. The smallest absolute Gasteiger partial charge is 0.224 e. The van der Waals surface area contributed by atoms with Crippen LogP contribution in [0.1, 0.15) is 54.5 Å². The van der Waals surface area contributed by atoms with Gasteiger partial charge in [0.05, 0.1) is 19.1 Å². The lowest BCUT2D eigenvalue weighted by molar-refractivity contribution is -0.120. The normalized spacial score (nSPS) is 15.8. The molecule has 2 aromatic carbocycles. The predicted molar refractivity (Wildman–Crippen MR) is 121 cm³/mol. The Morgan fingerprint density at radius 3 is 2.65 bits per heavy atom. The molecule has 1 fully saturated rings. The molecule has 0 unspecified atom stereocenters. The second kappa shape index (κ2) is 11.3. The number of benzene rings is 2. The largest absolute Gasteiger partial charge is 0.508 e. The zero-order chi connectivity index (χ0) is 22.2. The SMILES string of the molecule is C[C@H](Cc1cccc(CC(=O)NCC2CCC2)c1)NC[C@H](O)c1ccc(O)c(CO)c1. The van der Waals surface area contributed by atoms with Crippen molar-refractivity contribution >= 4 is 5.91 Å². The fourth-order valence-electron chi connectivity index (χ4n) is 3.87. The van der Waals surface area contributed by atoms with Crippen LogP contribution in [0.4, 0.5) is 0 Å². The lowest BCUT2D eigenvalue weighted by Crippen LogP contribution is -2.33. The summed E-state index contributed by atoms with van der Waals surface area (Å²) in [6.45, 7) is 2.94. The van der Waals surface area contributed by atoms with Crippen LogP contribution in [0, 0.1) is 5.92 Å². The first kappa shape index (κ1) is 23.3. The number of phenols is 1. The summed E-state index contributed by atoms with van der Waals surface area (Å²) in [4.78, 5) is 12.2. The average Bonchev–Trinajstić information content (AvgIpc) is 2.71. The van der Waals surface area contributed by atoms with Crippen molar-refractivity contribution < 1.29 is 20.1 Å². The molecule has 1 saturated carbocycles. The predicted octanol–water partition coefficient (Wildman–Crippen LogP) is 2.60. The molecule has 2 aromatic rings. The van der Waals surface area contributed by atoms with Crippen molar-refractivity contribution in [3.05, 3.63) is 64.7 Å². The third kappa shape index (κ3) is 7.06. The Kier molecular flexibility index (Phi) is 8.46. The van der Waals surface area contributed by atoms with E-state index in [2.05, 4.69) is 29.7 Å². The van der Waals surface area contributed by atoms with Crippen LogP contribution in [0.25, 0.3) is 0 Å². The minimum Gasteiger partial charge on any atom is -0.508 e. The Morgan fingerprint density at radius 2 is 1.94 bits per heavy atom. The van der Waals surface area contributed by atoms with Gasteiger partial charge in [-0.15, -0.1) is 0 Å². The van der Waals surface area contributed by atoms with Crippen molar-refractivity contribution in [2.24, 2.45) is 5.92 Å². The molecular weight excluding hydrogens is 392 g/mol. The van der Waals surface area contributed by atoms with Gasteiger partial charge in [0.2, 0.25) is 5.91 Å². The molecule has 5 N–H and O–H groups in total. The van der Waals surface area contributed by atoms with Gasteiger partial charge < -0.3 is 26.0 Å². The molecule has 6 heteroatoms. The lowest BCUT2D eigenvalue weighted by Gasteiger charge is -2.25. The zero-order valence-corrected chi connectivity index (χ0v) is 18.2. The van der Waals surface area contributed by atoms with E-state index in [-0.39, 0.29) is 24.3 Å². The van der Waals surface area contributed by atoms with E-state index in [0.29, 0.717) is 30.0 Å². The van der Waals surface area contributed by atoms with Gasteiger partial charge in [0, 0.05) is 24.7 Å². The molecule has 168 valence electrons. The van der Waals surface area contributed by atoms with Crippen LogP contribution in [0.15, 0.2) is 42.5 Å². The Morgan fingerprint density at radius 1 is 1.16 bits per heavy atom. The minimum atomic E-state index is -0.737. The topological polar surface area (TPSA) is 102 Å². The van der Waals surface area contributed by atoms with Crippen molar-refractivity contribution in [3.8, 4) is 5.75 Å². The summed E-state index contributed by atoms with van der Waals surface area (Å²) in [7, 11) is 0. The highest BCUT2D eigenvalue weighted by molar-refractivity contribution is 5.78. The van der Waals surface area contributed by atoms with Crippen LogP contribution in [0.5, 0.6) is 5.75 Å². The standard InChI is InChI=1S/C25H34N2O4/c1-17(26-15-24(30)21-8-9-23(29)22(13-21)16-28)10-19-6-3-7-20(11-19)12-25(31)27-14-18-4-2-5-18/h3,6-9,11,13,17-18,24,26,28-30H,2,4-5,10,12,14-16H2,1H3,(H,27,31)/t17-,24+/m1/s1. The summed E-state index contributed by atoms with van der Waals surface area (Å²) < 4.78 is 0. The van der Waals surface area contributed by atoms with Gasteiger partial charge in [-0.3, -0.25) is 4.79 Å². The number of aliphatic hydroxyl groups is 2. The van der Waals surface area contributed by atoms with Crippen LogP contribution < -0.4 is 10.6 Å². The van der Waals surface area contributed by atoms with Gasteiger partial charge in [0.1, 0.15) is 5.75 Å². The minimum absolute atomic E-state index is 0.0244. The van der Waals surface area contributed by atoms with Crippen molar-refractivity contribution in [1.82, 2.24) is 10.6 Å². The average molecular weight is 427 g/mol. The number of carbonyl (C=O) groups excluding carboxylic acids is 1. The van der Waals surface area contributed by atoms with Gasteiger partial charge in [-0.2, -0.15) is 0 Å². The highest BCUT2D eigenvalue weighted by Crippen LogP contribution is 2.25. The van der Waals surface area contributed by atoms with Crippen LogP contribution in [-0.2, 0) is 24.2 Å². The highest BCUT2D eigenvalue weighted by Gasteiger charge is 2.18. The molecule has 3 rings (SSSR count). The quantitative estimate of drug-likeness (QED) is 0.380. The summed E-state index contributed by atoms with van der Waals surface area (Å²) in [5.41, 5.74) is 3.21. The van der Waals surface area contributed by atoms with Gasteiger partial charge in [0.25, 0.3) is 0 Å². The van der Waals surface area contributed by atoms with Crippen LogP contribution in [0.2, 0.25) is 0 Å². The number of hydrogen-bond donors (Lipinski definition) is 5. The van der Waals surface area contributed by atoms with Crippen molar-refractivity contribution in [3.63, 3.8) is 0 Å². The molecule has 1 aliphatic rings. The Hall–Kier alpha value is -2.41. The number of aromatic hydroxyl groups is 1. The highest BCUT2D eigenvalue weighted by atomic mass is 16.3. The van der Waals surface area contributed by atoms with Gasteiger partial charge in [-0.25, -0.2) is 0 Å².